The molecule has 0 radical (unpaired) electrons. The first-order valence-electron chi connectivity index (χ1n) is 10.3. The number of carboxylic acid groups (broad SMARTS) is 1. The van der Waals surface area contributed by atoms with Crippen molar-refractivity contribution in [3.63, 3.8) is 0 Å². The largest absolute Gasteiger partial charge is 0.477 e. The molecule has 0 aromatic heterocycles. The van der Waals surface area contributed by atoms with Gasteiger partial charge in [-0.2, -0.15) is 13.1 Å². The minimum absolute atomic E-state index is 0.000269. The van der Waals surface area contributed by atoms with Crippen molar-refractivity contribution in [2.24, 2.45) is 17.0 Å². The Morgan fingerprint density at radius 1 is 1.41 bits per heavy atom. The van der Waals surface area contributed by atoms with Crippen molar-refractivity contribution >= 4 is 39.8 Å². The normalized spacial score (nSPS) is 30.8. The first kappa shape index (κ1) is 24.9. The molecule has 12 nitrogen and oxygen atoms in total. The molecule has 3 aliphatic rings. The Kier molecular flexibility index (Phi) is 7.51. The van der Waals surface area contributed by atoms with Crippen molar-refractivity contribution in [1.82, 2.24) is 25.6 Å². The third-order valence-corrected chi connectivity index (χ3v) is 8.16. The quantitative estimate of drug-likeness (QED) is 0.184. The summed E-state index contributed by atoms with van der Waals surface area (Å²) < 4.78 is 24.8. The number of amides is 2. The molecule has 3 heterocycles. The highest BCUT2D eigenvalue weighted by Crippen LogP contribution is 2.50. The van der Waals surface area contributed by atoms with Crippen molar-refractivity contribution in [3.8, 4) is 0 Å². The van der Waals surface area contributed by atoms with Gasteiger partial charge in [-0.1, -0.05) is 6.92 Å². The van der Waals surface area contributed by atoms with Crippen molar-refractivity contribution in [2.45, 2.75) is 44.4 Å². The summed E-state index contributed by atoms with van der Waals surface area (Å²) >= 11 is 1.37. The molecule has 0 aliphatic carbocycles. The molecular weight excluding hydrogens is 460 g/mol. The number of β-lactam (4-membered cyclic amide) rings is 1. The molecule has 2 saturated heterocycles. The number of hydrogen-bond donors (Lipinski definition) is 6. The van der Waals surface area contributed by atoms with Crippen LogP contribution in [0.3, 0.4) is 0 Å². The average Bonchev–Trinajstić information content (AvgIpc) is 3.19. The van der Waals surface area contributed by atoms with Gasteiger partial charge in [-0.05, 0) is 20.4 Å². The van der Waals surface area contributed by atoms with Gasteiger partial charge in [0.2, 0.25) is 11.8 Å². The first-order chi connectivity index (χ1) is 14.9. The molecule has 6 atom stereocenters. The topological polar surface area (TPSA) is 183 Å². The number of hydrogen-bond acceptors (Lipinski definition) is 8. The van der Waals surface area contributed by atoms with Gasteiger partial charge in [0.25, 0.3) is 10.2 Å². The van der Waals surface area contributed by atoms with Crippen LogP contribution in [0.15, 0.2) is 10.6 Å². The first-order valence-corrected chi connectivity index (χ1v) is 12.9. The van der Waals surface area contributed by atoms with E-state index < -0.39 is 28.1 Å². The highest BCUT2D eigenvalue weighted by molar-refractivity contribution is 8.03. The number of nitrogens with zero attached hydrogens (tertiary/aromatic N) is 1. The fourth-order valence-electron chi connectivity index (χ4n) is 4.75. The molecule has 0 aromatic carbocycles. The molecule has 0 unspecified atom stereocenters. The predicted molar refractivity (Wildman–Crippen MR) is 118 cm³/mol. The van der Waals surface area contributed by atoms with E-state index in [0.717, 1.165) is 0 Å². The Morgan fingerprint density at radius 2 is 2.09 bits per heavy atom. The van der Waals surface area contributed by atoms with Crippen LogP contribution in [0.25, 0.3) is 0 Å². The second kappa shape index (κ2) is 9.65. The van der Waals surface area contributed by atoms with Crippen LogP contribution in [0, 0.1) is 11.8 Å². The summed E-state index contributed by atoms with van der Waals surface area (Å²) in [5, 5.41) is 23.6. The molecule has 2 amide bonds. The highest BCUT2D eigenvalue weighted by Gasteiger charge is 2.60. The van der Waals surface area contributed by atoms with E-state index in [1.807, 2.05) is 6.92 Å². The van der Waals surface area contributed by atoms with E-state index in [1.54, 1.807) is 14.0 Å². The van der Waals surface area contributed by atoms with E-state index in [4.69, 9.17) is 5.14 Å². The lowest BCUT2D eigenvalue weighted by atomic mass is 9.78. The maximum atomic E-state index is 12.8. The lowest BCUT2D eigenvalue weighted by Crippen LogP contribution is -2.66. The maximum Gasteiger partial charge on any atom is 0.353 e. The minimum Gasteiger partial charge on any atom is -0.477 e. The molecule has 180 valence electrons. The number of nitrogens with one attached hydrogen (secondary N) is 4. The van der Waals surface area contributed by atoms with Crippen molar-refractivity contribution < 1.29 is 27.9 Å². The Hall–Kier alpha value is -1.71. The van der Waals surface area contributed by atoms with Crippen LogP contribution >= 0.6 is 11.8 Å². The monoisotopic (exact) mass is 490 g/mol. The van der Waals surface area contributed by atoms with Crippen LogP contribution in [0.1, 0.15) is 20.3 Å². The van der Waals surface area contributed by atoms with Gasteiger partial charge < -0.3 is 26.0 Å². The number of fused-ring (bicyclic) bond motifs is 1. The number of likely N-dealkylation sites (N-methyl/N-ethyl adjacent to an activating group) is 1. The third-order valence-electron chi connectivity index (χ3n) is 6.05. The molecule has 0 saturated carbocycles. The van der Waals surface area contributed by atoms with E-state index in [9.17, 15) is 27.9 Å². The van der Waals surface area contributed by atoms with E-state index in [1.165, 1.54) is 16.7 Å². The van der Waals surface area contributed by atoms with Gasteiger partial charge in [0, 0.05) is 41.2 Å². The Morgan fingerprint density at radius 3 is 2.69 bits per heavy atom. The summed E-state index contributed by atoms with van der Waals surface area (Å²) in [5.74, 6) is -1.86. The highest BCUT2D eigenvalue weighted by atomic mass is 32.2. The number of thioether (sulfide) groups is 1. The standard InChI is InChI=1S/C18H30N6O6S2/c1-8-14-13(9(2)22-12(25)6-20-3)17(26)24(14)15(18(27)28)16(8)31-7-11-4-10(5-21-11)23-32(19,29)30/h8-11,13-14,20-21,23H,4-7H2,1-3H3,(H,22,25)(H,27,28)(H2,19,29,30)/t8-,9-,10+,11+,13-,14-/m1/s1. The van der Waals surface area contributed by atoms with Gasteiger partial charge in [0.15, 0.2) is 0 Å². The molecular formula is C18H30N6O6S2. The lowest BCUT2D eigenvalue weighted by molar-refractivity contribution is -0.158. The average molecular weight is 491 g/mol. The summed E-state index contributed by atoms with van der Waals surface area (Å²) in [6, 6.07) is -1.10. The smallest absolute Gasteiger partial charge is 0.353 e. The molecule has 2 fully saturated rings. The van der Waals surface area contributed by atoms with E-state index in [0.29, 0.717) is 23.6 Å². The third kappa shape index (κ3) is 5.10. The molecule has 0 bridgehead atoms. The zero-order chi connectivity index (χ0) is 23.8. The SMILES string of the molecule is CNCC(=O)N[C@H](C)[C@H]1C(=O)N2C(C(=O)O)=C(SC[C@@H]3C[C@H](NS(N)(=O)=O)CN3)[C@H](C)[C@H]12. The van der Waals surface area contributed by atoms with Gasteiger partial charge in [0.1, 0.15) is 5.70 Å². The fourth-order valence-corrected chi connectivity index (χ4v) is 6.75. The summed E-state index contributed by atoms with van der Waals surface area (Å²) in [7, 11) is -2.14. The second-order valence-corrected chi connectivity index (χ2v) is 10.8. The fraction of sp³-hybridized carbons (Fsp3) is 0.722. The number of carbonyl (C=O) groups is 3. The molecule has 14 heteroatoms. The summed E-state index contributed by atoms with van der Waals surface area (Å²) in [6.45, 7) is 4.21. The second-order valence-electron chi connectivity index (χ2n) is 8.43. The Bertz CT molecular complexity index is 925. The van der Waals surface area contributed by atoms with Gasteiger partial charge >= 0.3 is 5.97 Å². The molecule has 0 spiro atoms. The van der Waals surface area contributed by atoms with Crippen LogP contribution < -0.4 is 25.8 Å². The molecule has 7 N–H and O–H groups in total. The lowest BCUT2D eigenvalue weighted by Gasteiger charge is -2.47. The van der Waals surface area contributed by atoms with E-state index >= 15 is 0 Å². The zero-order valence-electron chi connectivity index (χ0n) is 18.1. The van der Waals surface area contributed by atoms with Crippen molar-refractivity contribution in [2.75, 3.05) is 25.9 Å². The summed E-state index contributed by atoms with van der Waals surface area (Å²) in [6.07, 6.45) is 0.525. The van der Waals surface area contributed by atoms with E-state index in [2.05, 4.69) is 20.7 Å². The molecule has 3 rings (SSSR count). The van der Waals surface area contributed by atoms with E-state index in [-0.39, 0.29) is 48.1 Å². The maximum absolute atomic E-state index is 12.8. The van der Waals surface area contributed by atoms with Crippen LogP contribution in [0.5, 0.6) is 0 Å². The van der Waals surface area contributed by atoms with Gasteiger partial charge in [0.05, 0.1) is 18.5 Å². The number of rotatable bonds is 10. The van der Waals surface area contributed by atoms with Gasteiger partial charge in [-0.25, -0.2) is 9.93 Å². The van der Waals surface area contributed by atoms with Crippen molar-refractivity contribution in [3.05, 3.63) is 10.6 Å². The zero-order valence-corrected chi connectivity index (χ0v) is 19.8. The minimum atomic E-state index is -3.79. The van der Waals surface area contributed by atoms with Crippen LogP contribution in [0.2, 0.25) is 0 Å². The van der Waals surface area contributed by atoms with Gasteiger partial charge in [-0.3, -0.25) is 9.59 Å². The summed E-state index contributed by atoms with van der Waals surface area (Å²) in [5.41, 5.74) is -0.000269. The molecule has 0 aromatic rings. The Balaban J connectivity index is 1.66. The number of carboxylic acids is 1. The summed E-state index contributed by atoms with van der Waals surface area (Å²) in [4.78, 5) is 38.7. The molecule has 32 heavy (non-hydrogen) atoms. The van der Waals surface area contributed by atoms with Crippen LogP contribution in [-0.4, -0.2) is 86.3 Å². The van der Waals surface area contributed by atoms with Crippen LogP contribution in [0.4, 0.5) is 0 Å². The number of nitrogens with two attached hydrogens (primary N) is 1. The number of carbonyl (C=O) groups excluding carboxylic acids is 2. The van der Waals surface area contributed by atoms with Crippen molar-refractivity contribution in [1.29, 1.82) is 0 Å². The predicted octanol–water partition coefficient (Wildman–Crippen LogP) is -2.26. The van der Waals surface area contributed by atoms with Gasteiger partial charge in [-0.15, -0.1) is 11.8 Å². The molecule has 3 aliphatic heterocycles. The Labute approximate surface area is 191 Å². The number of aliphatic carboxylic acids is 1. The van der Waals surface area contributed by atoms with Crippen LogP contribution in [-0.2, 0) is 24.6 Å².